The van der Waals surface area contributed by atoms with Crippen molar-refractivity contribution in [1.29, 1.82) is 10.5 Å². The van der Waals surface area contributed by atoms with Crippen LogP contribution in [0, 0.1) is 35.8 Å². The van der Waals surface area contributed by atoms with Crippen molar-refractivity contribution in [3.63, 3.8) is 0 Å². The molecule has 4 aromatic rings. The number of amides is 3. The van der Waals surface area contributed by atoms with Crippen LogP contribution in [0.25, 0.3) is 9.69 Å². The Bertz CT molecular complexity index is 1950. The van der Waals surface area contributed by atoms with E-state index in [0.717, 1.165) is 13.1 Å². The third kappa shape index (κ3) is 16.1. The number of nitrogens with zero attached hydrogens (tertiary/aromatic N) is 5. The van der Waals surface area contributed by atoms with Gasteiger partial charge in [0.05, 0.1) is 36.4 Å². The smallest absolute Gasteiger partial charge is 0.253 e. The average Bonchev–Trinajstić information content (AvgIpc) is 3.23. The molecule has 0 radical (unpaired) electrons. The zero-order chi connectivity index (χ0) is 40.4. The summed E-state index contributed by atoms with van der Waals surface area (Å²) in [7, 11) is 0. The lowest BCUT2D eigenvalue weighted by Crippen LogP contribution is -2.42. The molecule has 4 rings (SSSR count). The summed E-state index contributed by atoms with van der Waals surface area (Å²) in [6.45, 7) is 17.4. The number of hydrogen-bond acceptors (Lipinski definition) is 9. The first-order chi connectivity index (χ1) is 26.6. The predicted octanol–water partition coefficient (Wildman–Crippen LogP) is 4.39. The molecule has 0 spiro atoms. The van der Waals surface area contributed by atoms with Gasteiger partial charge in [0, 0.05) is 74.6 Å². The largest absolute Gasteiger partial charge is 0.350 e. The Morgan fingerprint density at radius 2 is 0.964 bits per heavy atom. The van der Waals surface area contributed by atoms with Crippen LogP contribution in [0.15, 0.2) is 97.1 Å². The number of carbonyl (C=O) groups excluding carboxylic acids is 4. The zero-order valence-electron chi connectivity index (χ0n) is 29.8. The first kappa shape index (κ1) is 44.3. The van der Waals surface area contributed by atoms with Gasteiger partial charge in [0.15, 0.2) is 11.4 Å². The lowest BCUT2D eigenvalue weighted by molar-refractivity contribution is 0.0743. The fraction of sp³-hybridized carbons (Fsp3) is 0.200. The molecule has 0 unspecified atom stereocenters. The lowest BCUT2D eigenvalue weighted by Gasteiger charge is -2.23. The third-order valence-electron chi connectivity index (χ3n) is 7.28. The minimum atomic E-state index is -0.499. The van der Waals surface area contributed by atoms with Crippen LogP contribution >= 0.6 is 11.6 Å². The number of rotatable bonds is 14. The van der Waals surface area contributed by atoms with Gasteiger partial charge in [-0.15, -0.1) is 0 Å². The van der Waals surface area contributed by atoms with Gasteiger partial charge in [0.2, 0.25) is 0 Å². The molecule has 0 aliphatic heterocycles. The SMILES string of the molecule is NCCNCCN.[C-]#[N+]c1ccc(C(=O)Cl)cc1.[C-]#[N+]c1ccc(C(=O)NCCN(CCNC(=O)c2ccc(C#N)cc2)C(=O)c2ccc(C#N)cc2)cc1. The fourth-order valence-electron chi connectivity index (χ4n) is 4.38. The van der Waals surface area contributed by atoms with Gasteiger partial charge in [-0.25, -0.2) is 9.69 Å². The van der Waals surface area contributed by atoms with Crippen molar-refractivity contribution < 1.29 is 19.2 Å². The normalized spacial score (nSPS) is 9.51. The molecular formula is C40H39ClN10O4. The Morgan fingerprint density at radius 1 is 0.600 bits per heavy atom. The number of nitrogens with one attached hydrogen (secondary N) is 3. The zero-order valence-corrected chi connectivity index (χ0v) is 30.6. The third-order valence-corrected chi connectivity index (χ3v) is 7.50. The summed E-state index contributed by atoms with van der Waals surface area (Å²) < 4.78 is 0. The van der Waals surface area contributed by atoms with Crippen molar-refractivity contribution in [1.82, 2.24) is 20.9 Å². The molecule has 3 amide bonds. The van der Waals surface area contributed by atoms with Crippen LogP contribution < -0.4 is 27.4 Å². The van der Waals surface area contributed by atoms with Crippen LogP contribution in [0.5, 0.6) is 0 Å². The van der Waals surface area contributed by atoms with E-state index in [9.17, 15) is 19.2 Å². The van der Waals surface area contributed by atoms with Crippen LogP contribution in [0.2, 0.25) is 0 Å². The molecule has 0 aliphatic rings. The molecule has 0 atom stereocenters. The minimum Gasteiger partial charge on any atom is -0.350 e. The molecule has 0 saturated carbocycles. The number of carbonyl (C=O) groups is 4. The Balaban J connectivity index is 0.000000474. The van der Waals surface area contributed by atoms with Crippen LogP contribution in [0.3, 0.4) is 0 Å². The summed E-state index contributed by atoms with van der Waals surface area (Å²) >= 11 is 5.18. The molecule has 4 aromatic carbocycles. The van der Waals surface area contributed by atoms with E-state index in [2.05, 4.69) is 25.6 Å². The molecule has 14 nitrogen and oxygen atoms in total. The predicted molar refractivity (Wildman–Crippen MR) is 209 cm³/mol. The molecule has 0 bridgehead atoms. The maximum absolute atomic E-state index is 13.1. The highest BCUT2D eigenvalue weighted by Gasteiger charge is 2.17. The molecular weight excluding hydrogens is 720 g/mol. The van der Waals surface area contributed by atoms with Gasteiger partial charge in [-0.05, 0) is 60.1 Å². The maximum atomic E-state index is 13.1. The monoisotopic (exact) mass is 758 g/mol. The number of benzene rings is 4. The number of hydrogen-bond donors (Lipinski definition) is 5. The average molecular weight is 759 g/mol. The van der Waals surface area contributed by atoms with Crippen molar-refractivity contribution in [3.05, 3.63) is 153 Å². The number of halogens is 1. The van der Waals surface area contributed by atoms with Gasteiger partial charge >= 0.3 is 0 Å². The minimum absolute atomic E-state index is 0.160. The van der Waals surface area contributed by atoms with E-state index in [1.54, 1.807) is 84.9 Å². The molecule has 0 heterocycles. The van der Waals surface area contributed by atoms with Crippen LogP contribution in [0.1, 0.15) is 52.6 Å². The van der Waals surface area contributed by atoms with Crippen molar-refractivity contribution in [3.8, 4) is 12.1 Å². The van der Waals surface area contributed by atoms with Gasteiger partial charge in [-0.2, -0.15) is 10.5 Å². The van der Waals surface area contributed by atoms with Gasteiger partial charge < -0.3 is 32.3 Å². The first-order valence-electron chi connectivity index (χ1n) is 16.7. The van der Waals surface area contributed by atoms with E-state index in [4.69, 9.17) is 46.7 Å². The topological polar surface area (TPSA) is 216 Å². The van der Waals surface area contributed by atoms with Crippen molar-refractivity contribution in [2.24, 2.45) is 11.5 Å². The van der Waals surface area contributed by atoms with Crippen LogP contribution in [-0.4, -0.2) is 80.2 Å². The molecule has 55 heavy (non-hydrogen) atoms. The summed E-state index contributed by atoms with van der Waals surface area (Å²) in [5.41, 5.74) is 13.7. The standard InChI is InChI=1S/C28H22N6O3.C8H4ClNO.C4H13N3/c1-31-25-12-10-23(11-13-25)27(36)33-15-17-34(28(37)24-8-4-21(19-30)5-9-24)16-14-32-26(35)22-6-2-20(18-29)3-7-22;1-10-7-4-2-6(3-5-7)8(9)11;5-1-3-7-4-2-6/h2-13H,14-17H2,(H,32,35)(H,33,36);2-5H;7H,1-6H2. The van der Waals surface area contributed by atoms with Gasteiger partial charge in [0.25, 0.3) is 23.0 Å². The van der Waals surface area contributed by atoms with Crippen molar-refractivity contribution in [2.45, 2.75) is 0 Å². The second-order valence-corrected chi connectivity index (χ2v) is 11.4. The molecule has 0 aromatic heterocycles. The first-order valence-corrected chi connectivity index (χ1v) is 17.1. The summed E-state index contributed by atoms with van der Waals surface area (Å²) in [6.07, 6.45) is 0. The van der Waals surface area contributed by atoms with E-state index in [1.165, 1.54) is 17.0 Å². The quantitative estimate of drug-likeness (QED) is 0.0699. The Hall–Kier alpha value is -6.91. The molecule has 0 aliphatic carbocycles. The van der Waals surface area contributed by atoms with E-state index < -0.39 is 5.24 Å². The maximum Gasteiger partial charge on any atom is 0.253 e. The summed E-state index contributed by atoms with van der Waals surface area (Å²) in [4.78, 5) is 56.5. The van der Waals surface area contributed by atoms with E-state index in [1.807, 2.05) is 12.1 Å². The summed E-state index contributed by atoms with van der Waals surface area (Å²) in [6, 6.07) is 28.8. The highest BCUT2D eigenvalue weighted by Crippen LogP contribution is 2.14. The van der Waals surface area contributed by atoms with Gasteiger partial charge in [-0.3, -0.25) is 19.2 Å². The van der Waals surface area contributed by atoms with Crippen LogP contribution in [0.4, 0.5) is 11.4 Å². The molecule has 15 heteroatoms. The number of nitriles is 2. The van der Waals surface area contributed by atoms with Crippen LogP contribution in [-0.2, 0) is 0 Å². The van der Waals surface area contributed by atoms with Crippen molar-refractivity contribution >= 4 is 45.9 Å². The molecule has 280 valence electrons. The number of nitrogens with two attached hydrogens (primary N) is 2. The van der Waals surface area contributed by atoms with Gasteiger partial charge in [-0.1, -0.05) is 48.5 Å². The molecule has 0 saturated heterocycles. The molecule has 0 fully saturated rings. The van der Waals surface area contributed by atoms with E-state index in [0.29, 0.717) is 57.8 Å². The van der Waals surface area contributed by atoms with Gasteiger partial charge in [0.1, 0.15) is 0 Å². The summed E-state index contributed by atoms with van der Waals surface area (Å²) in [5, 5.41) is 26.0. The fourth-order valence-corrected chi connectivity index (χ4v) is 4.50. The Morgan fingerprint density at radius 3 is 1.31 bits per heavy atom. The Kier molecular flexibility index (Phi) is 20.2. The Labute approximate surface area is 324 Å². The van der Waals surface area contributed by atoms with E-state index >= 15 is 0 Å². The van der Waals surface area contributed by atoms with E-state index in [-0.39, 0.29) is 43.9 Å². The lowest BCUT2D eigenvalue weighted by atomic mass is 10.1. The van der Waals surface area contributed by atoms with Crippen molar-refractivity contribution in [2.75, 3.05) is 52.4 Å². The highest BCUT2D eigenvalue weighted by molar-refractivity contribution is 6.67. The second-order valence-electron chi connectivity index (χ2n) is 11.1. The second kappa shape index (κ2) is 25.1. The highest BCUT2D eigenvalue weighted by atomic mass is 35.5. The summed E-state index contributed by atoms with van der Waals surface area (Å²) in [5.74, 6) is -0.990. The molecule has 7 N–H and O–H groups in total.